The van der Waals surface area contributed by atoms with Gasteiger partial charge in [-0.3, -0.25) is 14.2 Å². The van der Waals surface area contributed by atoms with Crippen molar-refractivity contribution in [3.63, 3.8) is 0 Å². The molecule has 0 unspecified atom stereocenters. The van der Waals surface area contributed by atoms with E-state index in [0.717, 1.165) is 11.1 Å². The number of rotatable bonds is 6. The fraction of sp³-hybridized carbons (Fsp3) is 0.316. The first-order chi connectivity index (χ1) is 12.5. The van der Waals surface area contributed by atoms with Crippen molar-refractivity contribution >= 4 is 39.9 Å². The zero-order chi connectivity index (χ0) is 18.7. The molecule has 0 fully saturated rings. The molecule has 1 amide bonds. The van der Waals surface area contributed by atoms with E-state index in [2.05, 4.69) is 10.3 Å². The van der Waals surface area contributed by atoms with Gasteiger partial charge < -0.3 is 11.1 Å². The van der Waals surface area contributed by atoms with Gasteiger partial charge in [-0.05, 0) is 19.4 Å². The van der Waals surface area contributed by atoms with Crippen molar-refractivity contribution in [1.29, 1.82) is 0 Å². The first-order valence-corrected chi connectivity index (χ1v) is 9.40. The van der Waals surface area contributed by atoms with E-state index in [0.29, 0.717) is 16.8 Å². The van der Waals surface area contributed by atoms with Crippen LogP contribution >= 0.6 is 23.7 Å². The summed E-state index contributed by atoms with van der Waals surface area (Å²) >= 11 is 1.45. The number of hydrogen-bond acceptors (Lipinski definition) is 5. The molecule has 6 nitrogen and oxygen atoms in total. The Balaban J connectivity index is 0.00000261. The van der Waals surface area contributed by atoms with Gasteiger partial charge in [-0.2, -0.15) is 0 Å². The third kappa shape index (κ3) is 4.74. The normalized spacial score (nSPS) is 11.8. The van der Waals surface area contributed by atoms with E-state index in [1.54, 1.807) is 0 Å². The molecule has 2 aromatic heterocycles. The fourth-order valence-corrected chi connectivity index (χ4v) is 3.61. The topological polar surface area (TPSA) is 90.0 Å². The van der Waals surface area contributed by atoms with E-state index in [1.165, 1.54) is 27.8 Å². The second-order valence-corrected chi connectivity index (χ2v) is 7.25. The Morgan fingerprint density at radius 2 is 2.04 bits per heavy atom. The van der Waals surface area contributed by atoms with Crippen LogP contribution in [0.2, 0.25) is 0 Å². The minimum absolute atomic E-state index is 0. The van der Waals surface area contributed by atoms with Crippen LogP contribution in [0.5, 0.6) is 0 Å². The first-order valence-electron chi connectivity index (χ1n) is 8.52. The predicted octanol–water partition coefficient (Wildman–Crippen LogP) is 2.71. The Kier molecular flexibility index (Phi) is 7.12. The van der Waals surface area contributed by atoms with Gasteiger partial charge >= 0.3 is 0 Å². The van der Waals surface area contributed by atoms with Crippen molar-refractivity contribution in [3.05, 3.63) is 51.9 Å². The first kappa shape index (κ1) is 21.1. The number of aryl methyl sites for hydroxylation is 2. The molecule has 27 heavy (non-hydrogen) atoms. The molecule has 0 radical (unpaired) electrons. The zero-order valence-corrected chi connectivity index (χ0v) is 16.9. The summed E-state index contributed by atoms with van der Waals surface area (Å²) in [5.41, 5.74) is 8.43. The second-order valence-electron chi connectivity index (χ2n) is 6.39. The lowest BCUT2D eigenvalue weighted by Crippen LogP contribution is -2.38. The quantitative estimate of drug-likeness (QED) is 0.658. The summed E-state index contributed by atoms with van der Waals surface area (Å²) in [5, 5.41) is 5.37. The van der Waals surface area contributed by atoms with Crippen molar-refractivity contribution in [2.75, 3.05) is 6.54 Å². The molecule has 1 atom stereocenters. The molecule has 0 aliphatic rings. The van der Waals surface area contributed by atoms with Gasteiger partial charge in [0.15, 0.2) is 0 Å². The highest BCUT2D eigenvalue weighted by Crippen LogP contribution is 2.30. The van der Waals surface area contributed by atoms with Crippen LogP contribution in [0.25, 0.3) is 21.3 Å². The van der Waals surface area contributed by atoms with Gasteiger partial charge in [0.1, 0.15) is 4.83 Å². The van der Waals surface area contributed by atoms with Crippen LogP contribution in [0.1, 0.15) is 18.9 Å². The molecule has 8 heteroatoms. The molecule has 0 saturated carbocycles. The van der Waals surface area contributed by atoms with Crippen molar-refractivity contribution in [2.24, 2.45) is 5.73 Å². The number of nitrogens with one attached hydrogen (secondary N) is 1. The maximum absolute atomic E-state index is 12.9. The summed E-state index contributed by atoms with van der Waals surface area (Å²) in [6.07, 6.45) is 1.72. The predicted molar refractivity (Wildman–Crippen MR) is 113 cm³/mol. The third-order valence-electron chi connectivity index (χ3n) is 4.26. The molecule has 144 valence electrons. The van der Waals surface area contributed by atoms with Crippen LogP contribution in [-0.4, -0.2) is 28.0 Å². The minimum Gasteiger partial charge on any atom is -0.352 e. The van der Waals surface area contributed by atoms with Gasteiger partial charge in [-0.15, -0.1) is 23.7 Å². The number of thiophene rings is 1. The van der Waals surface area contributed by atoms with Gasteiger partial charge in [0.25, 0.3) is 5.56 Å². The molecule has 0 bridgehead atoms. The summed E-state index contributed by atoms with van der Waals surface area (Å²) in [6, 6.07) is 7.99. The third-order valence-corrected chi connectivity index (χ3v) is 5.15. The lowest BCUT2D eigenvalue weighted by Gasteiger charge is -2.11. The summed E-state index contributed by atoms with van der Waals surface area (Å²) in [7, 11) is 0. The van der Waals surface area contributed by atoms with Crippen LogP contribution < -0.4 is 16.6 Å². The number of benzene rings is 1. The number of nitrogens with zero attached hydrogens (tertiary/aromatic N) is 2. The number of nitrogens with two attached hydrogens (primary N) is 1. The average molecular weight is 407 g/mol. The van der Waals surface area contributed by atoms with Crippen molar-refractivity contribution < 1.29 is 4.79 Å². The SMILES string of the molecule is Cc1ccc(-c2csc3ncn(CCC(=O)N[C@@H](C)CN)c(=O)c23)cc1.Cl. The number of hydrogen-bond donors (Lipinski definition) is 2. The number of halogens is 1. The molecule has 0 aliphatic carbocycles. The van der Waals surface area contributed by atoms with E-state index in [-0.39, 0.29) is 42.9 Å². The summed E-state index contributed by atoms with van der Waals surface area (Å²) in [5.74, 6) is -0.126. The van der Waals surface area contributed by atoms with E-state index in [4.69, 9.17) is 5.73 Å². The molecule has 0 aliphatic heterocycles. The molecule has 3 rings (SSSR count). The Morgan fingerprint density at radius 3 is 2.70 bits per heavy atom. The molecule has 3 N–H and O–H groups in total. The summed E-state index contributed by atoms with van der Waals surface area (Å²) in [4.78, 5) is 30.0. The lowest BCUT2D eigenvalue weighted by atomic mass is 10.1. The van der Waals surface area contributed by atoms with Gasteiger partial charge in [-0.25, -0.2) is 4.98 Å². The van der Waals surface area contributed by atoms with Crippen molar-refractivity contribution in [3.8, 4) is 11.1 Å². The standard InChI is InChI=1S/C19H22N4O2S.ClH/c1-12-3-5-14(6-4-12)15-10-26-18-17(15)19(25)23(11-21-18)8-7-16(24)22-13(2)9-20;/h3-6,10-11,13H,7-9,20H2,1-2H3,(H,22,24);1H/t13-;/m0./s1. The van der Waals surface area contributed by atoms with Crippen LogP contribution in [0.4, 0.5) is 0 Å². The van der Waals surface area contributed by atoms with Crippen LogP contribution in [0, 0.1) is 6.92 Å². The Bertz CT molecular complexity index is 982. The van der Waals surface area contributed by atoms with Crippen molar-refractivity contribution in [1.82, 2.24) is 14.9 Å². The van der Waals surface area contributed by atoms with E-state index in [1.807, 2.05) is 43.5 Å². The smallest absolute Gasteiger partial charge is 0.262 e. The number of carbonyl (C=O) groups is 1. The average Bonchev–Trinajstić information content (AvgIpc) is 3.06. The van der Waals surface area contributed by atoms with Gasteiger partial charge in [0, 0.05) is 36.5 Å². The number of carbonyl (C=O) groups excluding carboxylic acids is 1. The van der Waals surface area contributed by atoms with Crippen molar-refractivity contribution in [2.45, 2.75) is 32.9 Å². The maximum atomic E-state index is 12.9. The fourth-order valence-electron chi connectivity index (χ4n) is 2.70. The van der Waals surface area contributed by atoms with Gasteiger partial charge in [0.2, 0.25) is 5.91 Å². The Hall–Kier alpha value is -2.22. The summed E-state index contributed by atoms with van der Waals surface area (Å²) in [6.45, 7) is 4.54. The molecule has 1 aromatic carbocycles. The van der Waals surface area contributed by atoms with Crippen LogP contribution in [0.15, 0.2) is 40.8 Å². The van der Waals surface area contributed by atoms with E-state index >= 15 is 0 Å². The monoisotopic (exact) mass is 406 g/mol. The van der Waals surface area contributed by atoms with Crippen LogP contribution in [-0.2, 0) is 11.3 Å². The molecular weight excluding hydrogens is 384 g/mol. The number of aromatic nitrogens is 2. The molecule has 2 heterocycles. The number of fused-ring (bicyclic) bond motifs is 1. The lowest BCUT2D eigenvalue weighted by molar-refractivity contribution is -0.121. The highest BCUT2D eigenvalue weighted by atomic mass is 35.5. The largest absolute Gasteiger partial charge is 0.352 e. The molecule has 0 saturated heterocycles. The minimum atomic E-state index is -0.126. The van der Waals surface area contributed by atoms with E-state index in [9.17, 15) is 9.59 Å². The van der Waals surface area contributed by atoms with Crippen LogP contribution in [0.3, 0.4) is 0 Å². The highest BCUT2D eigenvalue weighted by molar-refractivity contribution is 7.17. The van der Waals surface area contributed by atoms with E-state index < -0.39 is 0 Å². The Morgan fingerprint density at radius 1 is 1.33 bits per heavy atom. The number of amides is 1. The molecule has 0 spiro atoms. The summed E-state index contributed by atoms with van der Waals surface area (Å²) < 4.78 is 1.50. The molecular formula is C19H23ClN4O2S. The Labute approximate surface area is 167 Å². The maximum Gasteiger partial charge on any atom is 0.262 e. The second kappa shape index (κ2) is 9.12. The zero-order valence-electron chi connectivity index (χ0n) is 15.3. The highest BCUT2D eigenvalue weighted by Gasteiger charge is 2.14. The van der Waals surface area contributed by atoms with Gasteiger partial charge in [0.05, 0.1) is 11.7 Å². The van der Waals surface area contributed by atoms with Gasteiger partial charge in [-0.1, -0.05) is 29.8 Å². The molecule has 3 aromatic rings.